The number of nitrogens with one attached hydrogen (secondary N) is 1. The van der Waals surface area contributed by atoms with Gasteiger partial charge in [-0.25, -0.2) is 4.68 Å². The Kier molecular flexibility index (Phi) is 4.03. The molecule has 20 heavy (non-hydrogen) atoms. The molecular formula is C14H19N5S. The van der Waals surface area contributed by atoms with E-state index in [9.17, 15) is 0 Å². The molecule has 1 N–H and O–H groups in total. The van der Waals surface area contributed by atoms with E-state index >= 15 is 0 Å². The van der Waals surface area contributed by atoms with Crippen LogP contribution in [-0.4, -0.2) is 32.0 Å². The van der Waals surface area contributed by atoms with Crippen molar-refractivity contribution in [3.63, 3.8) is 0 Å². The van der Waals surface area contributed by atoms with Gasteiger partial charge >= 0.3 is 0 Å². The van der Waals surface area contributed by atoms with E-state index in [1.807, 2.05) is 7.05 Å². The molecule has 2 aromatic rings. The van der Waals surface area contributed by atoms with Crippen molar-refractivity contribution < 1.29 is 0 Å². The lowest BCUT2D eigenvalue weighted by Gasteiger charge is -2.33. The van der Waals surface area contributed by atoms with Crippen LogP contribution in [0.3, 0.4) is 0 Å². The zero-order chi connectivity index (χ0) is 13.9. The van der Waals surface area contributed by atoms with Crippen LogP contribution in [0.1, 0.15) is 30.5 Å². The maximum atomic E-state index is 4.10. The van der Waals surface area contributed by atoms with Crippen LogP contribution in [0.25, 0.3) is 0 Å². The molecule has 1 aromatic carbocycles. The lowest BCUT2D eigenvalue weighted by molar-refractivity contribution is 0.483. The highest BCUT2D eigenvalue weighted by atomic mass is 32.2. The van der Waals surface area contributed by atoms with E-state index in [1.54, 1.807) is 16.4 Å². The average molecular weight is 289 g/mol. The largest absolute Gasteiger partial charge is 0.309 e. The summed E-state index contributed by atoms with van der Waals surface area (Å²) < 4.78 is 1.74. The third kappa shape index (κ3) is 2.58. The molecule has 0 spiro atoms. The van der Waals surface area contributed by atoms with Crippen LogP contribution in [0.4, 0.5) is 0 Å². The van der Waals surface area contributed by atoms with Gasteiger partial charge in [0, 0.05) is 18.3 Å². The van der Waals surface area contributed by atoms with E-state index < -0.39 is 0 Å². The highest BCUT2D eigenvalue weighted by Gasteiger charge is 2.30. The van der Waals surface area contributed by atoms with Crippen molar-refractivity contribution in [3.8, 4) is 0 Å². The molecule has 0 fully saturated rings. The molecule has 0 radical (unpaired) electrons. The zero-order valence-electron chi connectivity index (χ0n) is 11.8. The summed E-state index contributed by atoms with van der Waals surface area (Å²) >= 11 is 1.77. The highest BCUT2D eigenvalue weighted by molar-refractivity contribution is 7.99. The Labute approximate surface area is 123 Å². The minimum Gasteiger partial charge on any atom is -0.309 e. The summed E-state index contributed by atoms with van der Waals surface area (Å²) in [6, 6.07) is 9.10. The predicted octanol–water partition coefficient (Wildman–Crippen LogP) is 1.97. The third-order valence-electron chi connectivity index (χ3n) is 3.72. The molecule has 5 nitrogen and oxygen atoms in total. The first-order chi connectivity index (χ1) is 9.79. The van der Waals surface area contributed by atoms with Crippen molar-refractivity contribution in [2.45, 2.75) is 36.2 Å². The lowest BCUT2D eigenvalue weighted by atomic mass is 9.87. The molecule has 1 aromatic heterocycles. The standard InChI is InChI=1S/C14H19N5S/c1-3-15-13-11-7-5-4-6-10(11)8-9-12(13)20-14-16-17-18-19(14)2/h4-7,12-13,15H,3,8-9H2,1-2H3. The van der Waals surface area contributed by atoms with Crippen LogP contribution in [0, 0.1) is 0 Å². The molecule has 2 unspecified atom stereocenters. The topological polar surface area (TPSA) is 55.6 Å². The first kappa shape index (κ1) is 13.6. The molecule has 0 saturated heterocycles. The average Bonchev–Trinajstić information content (AvgIpc) is 2.87. The van der Waals surface area contributed by atoms with Gasteiger partial charge in [-0.15, -0.1) is 5.10 Å². The summed E-state index contributed by atoms with van der Waals surface area (Å²) in [5, 5.41) is 16.7. The second kappa shape index (κ2) is 5.93. The maximum absolute atomic E-state index is 4.10. The molecule has 1 aliphatic carbocycles. The van der Waals surface area contributed by atoms with Crippen LogP contribution < -0.4 is 5.32 Å². The van der Waals surface area contributed by atoms with Gasteiger partial charge in [-0.3, -0.25) is 0 Å². The zero-order valence-corrected chi connectivity index (χ0v) is 12.6. The van der Waals surface area contributed by atoms with Crippen molar-refractivity contribution >= 4 is 11.8 Å². The van der Waals surface area contributed by atoms with E-state index in [-0.39, 0.29) is 0 Å². The summed E-state index contributed by atoms with van der Waals surface area (Å²) in [6.07, 6.45) is 2.27. The van der Waals surface area contributed by atoms with Crippen LogP contribution in [-0.2, 0) is 13.5 Å². The van der Waals surface area contributed by atoms with E-state index in [1.165, 1.54) is 11.1 Å². The molecule has 1 heterocycles. The summed E-state index contributed by atoms with van der Waals surface area (Å²) in [7, 11) is 1.89. The summed E-state index contributed by atoms with van der Waals surface area (Å²) in [4.78, 5) is 0. The van der Waals surface area contributed by atoms with E-state index in [2.05, 4.69) is 52.0 Å². The fraction of sp³-hybridized carbons (Fsp3) is 0.500. The quantitative estimate of drug-likeness (QED) is 0.932. The monoisotopic (exact) mass is 289 g/mol. The highest BCUT2D eigenvalue weighted by Crippen LogP contribution is 2.39. The number of aryl methyl sites for hydroxylation is 2. The second-order valence-corrected chi connectivity index (χ2v) is 6.22. The Bertz CT molecular complexity index is 582. The number of hydrogen-bond donors (Lipinski definition) is 1. The SMILES string of the molecule is CCNC1c2ccccc2CCC1Sc1nnnn1C. The number of nitrogens with zero attached hydrogens (tertiary/aromatic N) is 4. The smallest absolute Gasteiger partial charge is 0.209 e. The van der Waals surface area contributed by atoms with Gasteiger partial charge in [0.15, 0.2) is 0 Å². The summed E-state index contributed by atoms with van der Waals surface area (Å²) in [5.74, 6) is 0. The Morgan fingerprint density at radius 3 is 3.00 bits per heavy atom. The predicted molar refractivity (Wildman–Crippen MR) is 79.6 cm³/mol. The molecular weight excluding hydrogens is 270 g/mol. The van der Waals surface area contributed by atoms with Gasteiger partial charge in [0.25, 0.3) is 0 Å². The van der Waals surface area contributed by atoms with Gasteiger partial charge in [0.1, 0.15) is 0 Å². The number of hydrogen-bond acceptors (Lipinski definition) is 5. The number of thioether (sulfide) groups is 1. The van der Waals surface area contributed by atoms with Gasteiger partial charge < -0.3 is 5.32 Å². The fourth-order valence-electron chi connectivity index (χ4n) is 2.77. The van der Waals surface area contributed by atoms with Gasteiger partial charge in [-0.2, -0.15) is 0 Å². The molecule has 0 aliphatic heterocycles. The molecule has 2 atom stereocenters. The number of fused-ring (bicyclic) bond motifs is 1. The van der Waals surface area contributed by atoms with Gasteiger partial charge in [0.05, 0.1) is 0 Å². The molecule has 0 amide bonds. The normalized spacial score (nSPS) is 21.7. The van der Waals surface area contributed by atoms with Crippen LogP contribution in [0.15, 0.2) is 29.4 Å². The van der Waals surface area contributed by atoms with E-state index in [4.69, 9.17) is 0 Å². The van der Waals surface area contributed by atoms with E-state index in [0.29, 0.717) is 11.3 Å². The molecule has 3 rings (SSSR count). The maximum Gasteiger partial charge on any atom is 0.209 e. The first-order valence-electron chi connectivity index (χ1n) is 6.99. The molecule has 0 bridgehead atoms. The fourth-order valence-corrected chi connectivity index (χ4v) is 3.93. The molecule has 6 heteroatoms. The van der Waals surface area contributed by atoms with Crippen molar-refractivity contribution in [2.24, 2.45) is 7.05 Å². The Morgan fingerprint density at radius 1 is 1.40 bits per heavy atom. The van der Waals surface area contributed by atoms with Crippen LogP contribution in [0.2, 0.25) is 0 Å². The Morgan fingerprint density at radius 2 is 2.25 bits per heavy atom. The number of aromatic nitrogens is 4. The molecule has 1 aliphatic rings. The minimum absolute atomic E-state index is 0.367. The van der Waals surface area contributed by atoms with Crippen LogP contribution >= 0.6 is 11.8 Å². The van der Waals surface area contributed by atoms with Crippen molar-refractivity contribution in [2.75, 3.05) is 6.54 Å². The van der Waals surface area contributed by atoms with Gasteiger partial charge in [0.2, 0.25) is 5.16 Å². The number of benzene rings is 1. The molecule has 106 valence electrons. The Hall–Kier alpha value is -1.40. The number of rotatable bonds is 4. The van der Waals surface area contributed by atoms with Crippen molar-refractivity contribution in [3.05, 3.63) is 35.4 Å². The van der Waals surface area contributed by atoms with Crippen molar-refractivity contribution in [1.29, 1.82) is 0 Å². The Balaban J connectivity index is 1.86. The van der Waals surface area contributed by atoms with Gasteiger partial charge in [-0.05, 0) is 40.9 Å². The second-order valence-electron chi connectivity index (χ2n) is 5.01. The molecule has 0 saturated carbocycles. The summed E-state index contributed by atoms with van der Waals surface area (Å²) in [6.45, 7) is 3.12. The minimum atomic E-state index is 0.367. The lowest BCUT2D eigenvalue weighted by Crippen LogP contribution is -2.34. The summed E-state index contributed by atoms with van der Waals surface area (Å²) in [5.41, 5.74) is 2.89. The first-order valence-corrected chi connectivity index (χ1v) is 7.87. The van der Waals surface area contributed by atoms with Gasteiger partial charge in [-0.1, -0.05) is 43.0 Å². The van der Waals surface area contributed by atoms with E-state index in [0.717, 1.165) is 24.5 Å². The number of tetrazole rings is 1. The van der Waals surface area contributed by atoms with Crippen LogP contribution in [0.5, 0.6) is 0 Å². The van der Waals surface area contributed by atoms with Crippen molar-refractivity contribution in [1.82, 2.24) is 25.5 Å². The third-order valence-corrected chi connectivity index (χ3v) is 5.09.